The molecule has 0 aliphatic heterocycles. The number of anilines is 1. The van der Waals surface area contributed by atoms with E-state index in [1.165, 1.54) is 0 Å². The van der Waals surface area contributed by atoms with E-state index in [4.69, 9.17) is 9.29 Å². The molecule has 0 aromatic heterocycles. The maximum atomic E-state index is 12.0. The first-order chi connectivity index (χ1) is 10.6. The van der Waals surface area contributed by atoms with E-state index in [1.54, 1.807) is 45.0 Å². The lowest BCUT2D eigenvalue weighted by atomic mass is 10.0. The molecule has 0 atom stereocenters. The van der Waals surface area contributed by atoms with Gasteiger partial charge in [-0.2, -0.15) is 8.42 Å². The number of fused-ring (bicyclic) bond motifs is 1. The molecule has 124 valence electrons. The number of rotatable bonds is 3. The molecule has 0 aliphatic carbocycles. The standard InChI is InChI=1S/C16H19NO5S/c1-16(2,3)22-15(18)17-14-12(10-23(19,20)21)9-8-11-6-4-5-7-13(11)14/h4-9H,10H2,1-3H3,(H,17,18)(H,19,20,21). The van der Waals surface area contributed by atoms with Crippen LogP contribution in [-0.4, -0.2) is 24.7 Å². The lowest BCUT2D eigenvalue weighted by Crippen LogP contribution is -2.27. The van der Waals surface area contributed by atoms with Crippen LogP contribution in [0.4, 0.5) is 10.5 Å². The van der Waals surface area contributed by atoms with E-state index in [9.17, 15) is 13.2 Å². The minimum atomic E-state index is -4.23. The van der Waals surface area contributed by atoms with Crippen molar-refractivity contribution in [3.05, 3.63) is 42.0 Å². The van der Waals surface area contributed by atoms with Crippen LogP contribution in [0.25, 0.3) is 10.8 Å². The van der Waals surface area contributed by atoms with E-state index in [2.05, 4.69) is 5.32 Å². The highest BCUT2D eigenvalue weighted by Gasteiger charge is 2.20. The SMILES string of the molecule is CC(C)(C)OC(=O)Nc1c(CS(=O)(=O)O)ccc2ccccc12. The Kier molecular flexibility index (Phi) is 4.63. The predicted molar refractivity (Wildman–Crippen MR) is 89.1 cm³/mol. The summed E-state index contributed by atoms with van der Waals surface area (Å²) in [7, 11) is -4.23. The van der Waals surface area contributed by atoms with Crippen molar-refractivity contribution >= 4 is 32.7 Å². The van der Waals surface area contributed by atoms with Crippen LogP contribution in [0, 0.1) is 0 Å². The second-order valence-electron chi connectivity index (χ2n) is 6.17. The largest absolute Gasteiger partial charge is 0.444 e. The molecular formula is C16H19NO5S. The van der Waals surface area contributed by atoms with Crippen molar-refractivity contribution in [1.82, 2.24) is 0 Å². The topological polar surface area (TPSA) is 92.7 Å². The molecular weight excluding hydrogens is 318 g/mol. The van der Waals surface area contributed by atoms with Gasteiger partial charge in [-0.3, -0.25) is 9.87 Å². The molecule has 2 rings (SSSR count). The number of carbonyl (C=O) groups is 1. The van der Waals surface area contributed by atoms with Gasteiger partial charge in [0.05, 0.1) is 5.69 Å². The summed E-state index contributed by atoms with van der Waals surface area (Å²) < 4.78 is 36.8. The third-order valence-electron chi connectivity index (χ3n) is 2.98. The Bertz CT molecular complexity index is 837. The zero-order chi connectivity index (χ0) is 17.3. The van der Waals surface area contributed by atoms with Gasteiger partial charge in [0, 0.05) is 5.39 Å². The second-order valence-corrected chi connectivity index (χ2v) is 7.63. The first-order valence-corrected chi connectivity index (χ1v) is 8.62. The van der Waals surface area contributed by atoms with Gasteiger partial charge in [-0.05, 0) is 31.7 Å². The number of benzene rings is 2. The van der Waals surface area contributed by atoms with Gasteiger partial charge in [0.25, 0.3) is 10.1 Å². The molecule has 0 spiro atoms. The third-order valence-corrected chi connectivity index (χ3v) is 3.65. The maximum absolute atomic E-state index is 12.0. The van der Waals surface area contributed by atoms with E-state index < -0.39 is 27.6 Å². The molecule has 0 radical (unpaired) electrons. The average molecular weight is 337 g/mol. The van der Waals surface area contributed by atoms with Crippen molar-refractivity contribution < 1.29 is 22.5 Å². The van der Waals surface area contributed by atoms with Crippen molar-refractivity contribution in [2.75, 3.05) is 5.32 Å². The van der Waals surface area contributed by atoms with Crippen molar-refractivity contribution in [2.45, 2.75) is 32.1 Å². The Morgan fingerprint density at radius 1 is 1.17 bits per heavy atom. The van der Waals surface area contributed by atoms with Gasteiger partial charge in [0.15, 0.2) is 0 Å². The first-order valence-electron chi connectivity index (χ1n) is 7.01. The minimum Gasteiger partial charge on any atom is -0.444 e. The molecule has 7 heteroatoms. The lowest BCUT2D eigenvalue weighted by molar-refractivity contribution is 0.0636. The zero-order valence-electron chi connectivity index (χ0n) is 13.2. The molecule has 0 heterocycles. The van der Waals surface area contributed by atoms with Gasteiger partial charge in [-0.25, -0.2) is 4.79 Å². The fraction of sp³-hybridized carbons (Fsp3) is 0.312. The Morgan fingerprint density at radius 3 is 2.43 bits per heavy atom. The van der Waals surface area contributed by atoms with Crippen molar-refractivity contribution in [2.24, 2.45) is 0 Å². The first kappa shape index (κ1) is 17.2. The monoisotopic (exact) mass is 337 g/mol. The van der Waals surface area contributed by atoms with Gasteiger partial charge in [0.2, 0.25) is 0 Å². The maximum Gasteiger partial charge on any atom is 0.412 e. The highest BCUT2D eigenvalue weighted by molar-refractivity contribution is 7.85. The summed E-state index contributed by atoms with van der Waals surface area (Å²) in [6.45, 7) is 5.19. The van der Waals surface area contributed by atoms with Gasteiger partial charge in [-0.15, -0.1) is 0 Å². The molecule has 0 bridgehead atoms. The van der Waals surface area contributed by atoms with Crippen LogP contribution in [0.15, 0.2) is 36.4 Å². The van der Waals surface area contributed by atoms with Gasteiger partial charge in [-0.1, -0.05) is 36.4 Å². The van der Waals surface area contributed by atoms with E-state index in [1.807, 2.05) is 12.1 Å². The van der Waals surface area contributed by atoms with E-state index in [-0.39, 0.29) is 5.56 Å². The highest BCUT2D eigenvalue weighted by Crippen LogP contribution is 2.29. The van der Waals surface area contributed by atoms with Crippen molar-refractivity contribution in [3.63, 3.8) is 0 Å². The summed E-state index contributed by atoms with van der Waals surface area (Å²) in [6.07, 6.45) is -0.689. The Morgan fingerprint density at radius 2 is 1.83 bits per heavy atom. The van der Waals surface area contributed by atoms with Crippen LogP contribution in [0.5, 0.6) is 0 Å². The van der Waals surface area contributed by atoms with Crippen LogP contribution in [0.2, 0.25) is 0 Å². The minimum absolute atomic E-state index is 0.289. The number of ether oxygens (including phenoxy) is 1. The van der Waals surface area contributed by atoms with Gasteiger partial charge >= 0.3 is 6.09 Å². The highest BCUT2D eigenvalue weighted by atomic mass is 32.2. The molecule has 6 nitrogen and oxygen atoms in total. The molecule has 2 aromatic carbocycles. The number of nitrogens with one attached hydrogen (secondary N) is 1. The van der Waals surface area contributed by atoms with Crippen LogP contribution < -0.4 is 5.32 Å². The molecule has 1 amide bonds. The van der Waals surface area contributed by atoms with E-state index >= 15 is 0 Å². The molecule has 0 aliphatic rings. The summed E-state index contributed by atoms with van der Waals surface area (Å²) in [5, 5.41) is 4.09. The molecule has 2 aromatic rings. The molecule has 0 saturated heterocycles. The number of hydrogen-bond donors (Lipinski definition) is 2. The fourth-order valence-electron chi connectivity index (χ4n) is 2.19. The van der Waals surface area contributed by atoms with Gasteiger partial charge in [0.1, 0.15) is 11.4 Å². The quantitative estimate of drug-likeness (QED) is 0.835. The third kappa shape index (κ3) is 4.94. The van der Waals surface area contributed by atoms with Crippen molar-refractivity contribution in [3.8, 4) is 0 Å². The summed E-state index contributed by atoms with van der Waals surface area (Å²) in [6, 6.07) is 10.5. The van der Waals surface area contributed by atoms with Crippen LogP contribution in [-0.2, 0) is 20.6 Å². The number of carbonyl (C=O) groups excluding carboxylic acids is 1. The summed E-state index contributed by atoms with van der Waals surface area (Å²) in [5.41, 5.74) is -0.0789. The number of amides is 1. The van der Waals surface area contributed by atoms with Crippen molar-refractivity contribution in [1.29, 1.82) is 0 Å². The van der Waals surface area contributed by atoms with Crippen LogP contribution in [0.1, 0.15) is 26.3 Å². The fourth-order valence-corrected chi connectivity index (χ4v) is 2.82. The normalized spacial score (nSPS) is 12.2. The van der Waals surface area contributed by atoms with Crippen LogP contribution in [0.3, 0.4) is 0 Å². The molecule has 23 heavy (non-hydrogen) atoms. The lowest BCUT2D eigenvalue weighted by Gasteiger charge is -2.21. The molecule has 0 saturated carbocycles. The van der Waals surface area contributed by atoms with E-state index in [0.717, 1.165) is 5.39 Å². The zero-order valence-corrected chi connectivity index (χ0v) is 14.0. The smallest absolute Gasteiger partial charge is 0.412 e. The molecule has 0 fully saturated rings. The summed E-state index contributed by atoms with van der Waals surface area (Å²) in [4.78, 5) is 12.0. The Labute approximate surface area is 135 Å². The van der Waals surface area contributed by atoms with Gasteiger partial charge < -0.3 is 4.74 Å². The second kappa shape index (κ2) is 6.17. The Balaban J connectivity index is 2.48. The van der Waals surface area contributed by atoms with Crippen LogP contribution >= 0.6 is 0 Å². The molecule has 0 unspecified atom stereocenters. The average Bonchev–Trinajstić information content (AvgIpc) is 2.38. The summed E-state index contributed by atoms with van der Waals surface area (Å²) >= 11 is 0. The predicted octanol–water partition coefficient (Wildman–Crippen LogP) is 3.57. The summed E-state index contributed by atoms with van der Waals surface area (Å²) in [5.74, 6) is -0.594. The Hall–Kier alpha value is -2.12. The molecule has 2 N–H and O–H groups in total. The van der Waals surface area contributed by atoms with E-state index in [0.29, 0.717) is 11.1 Å². The number of hydrogen-bond acceptors (Lipinski definition) is 4.